The second-order valence-electron chi connectivity index (χ2n) is 7.24. The van der Waals surface area contributed by atoms with Gasteiger partial charge in [0.25, 0.3) is 5.91 Å². The second-order valence-corrected chi connectivity index (χ2v) is 8.24. The third-order valence-corrected chi connectivity index (χ3v) is 6.49. The van der Waals surface area contributed by atoms with E-state index in [-0.39, 0.29) is 23.8 Å². The Hall–Kier alpha value is -2.34. The molecule has 2 bridgehead atoms. The monoisotopic (exact) mass is 381 g/mol. The molecular weight excluding hydrogens is 358 g/mol. The van der Waals surface area contributed by atoms with E-state index in [1.54, 1.807) is 18.0 Å². The number of likely N-dealkylation sites (N-methyl/N-ethyl adjacent to an activating group) is 1. The fourth-order valence-electron chi connectivity index (χ4n) is 3.84. The Kier molecular flexibility index (Phi) is 5.16. The number of piperidine rings is 1. The number of aromatic nitrogens is 1. The van der Waals surface area contributed by atoms with Crippen LogP contribution in [0.25, 0.3) is 0 Å². The average Bonchev–Trinajstić information content (AvgIpc) is 3.00. The van der Waals surface area contributed by atoms with Crippen molar-refractivity contribution in [2.45, 2.75) is 29.7 Å². The molecule has 1 aromatic carbocycles. The lowest BCUT2D eigenvalue weighted by Gasteiger charge is -2.32. The minimum absolute atomic E-state index is 0.0268. The predicted molar refractivity (Wildman–Crippen MR) is 105 cm³/mol. The molecule has 0 saturated carbocycles. The van der Waals surface area contributed by atoms with E-state index in [2.05, 4.69) is 4.98 Å². The maximum absolute atomic E-state index is 13.0. The van der Waals surface area contributed by atoms with Gasteiger partial charge in [-0.15, -0.1) is 11.8 Å². The molecule has 5 rings (SSSR count). The Balaban J connectivity index is 1.41. The SMILES string of the molecule is CN1C(=O)[C@H]2CC[C@@H]1CN(C(=O)c1ccc(CSc3ccccn3)cc1)C2. The Bertz CT molecular complexity index is 825. The molecule has 140 valence electrons. The predicted octanol–water partition coefficient (Wildman–Crippen LogP) is 3.07. The van der Waals surface area contributed by atoms with Crippen LogP contribution in [-0.2, 0) is 10.5 Å². The minimum Gasteiger partial charge on any atom is -0.341 e. The highest BCUT2D eigenvalue weighted by Gasteiger charge is 2.40. The zero-order valence-corrected chi connectivity index (χ0v) is 16.2. The maximum Gasteiger partial charge on any atom is 0.253 e. The van der Waals surface area contributed by atoms with Crippen molar-refractivity contribution in [2.24, 2.45) is 5.92 Å². The summed E-state index contributed by atoms with van der Waals surface area (Å²) in [6.45, 7) is 1.17. The summed E-state index contributed by atoms with van der Waals surface area (Å²) in [6, 6.07) is 13.8. The molecule has 0 N–H and O–H groups in total. The topological polar surface area (TPSA) is 53.5 Å². The Morgan fingerprint density at radius 1 is 1.15 bits per heavy atom. The second kappa shape index (κ2) is 7.72. The van der Waals surface area contributed by atoms with E-state index in [1.807, 2.05) is 59.3 Å². The van der Waals surface area contributed by atoms with Crippen molar-refractivity contribution in [2.75, 3.05) is 20.1 Å². The first-order valence-electron chi connectivity index (χ1n) is 9.30. The summed E-state index contributed by atoms with van der Waals surface area (Å²) >= 11 is 1.68. The first kappa shape index (κ1) is 18.0. The summed E-state index contributed by atoms with van der Waals surface area (Å²) < 4.78 is 0. The van der Waals surface area contributed by atoms with E-state index >= 15 is 0 Å². The van der Waals surface area contributed by atoms with Crippen LogP contribution in [0.4, 0.5) is 0 Å². The van der Waals surface area contributed by atoms with Gasteiger partial charge >= 0.3 is 0 Å². The van der Waals surface area contributed by atoms with Gasteiger partial charge in [0.05, 0.1) is 10.9 Å². The highest BCUT2D eigenvalue weighted by Crippen LogP contribution is 2.29. The van der Waals surface area contributed by atoms with E-state index in [9.17, 15) is 9.59 Å². The van der Waals surface area contributed by atoms with Crippen molar-refractivity contribution in [1.29, 1.82) is 0 Å². The van der Waals surface area contributed by atoms with E-state index < -0.39 is 0 Å². The number of nitrogens with zero attached hydrogens (tertiary/aromatic N) is 3. The molecule has 0 aliphatic carbocycles. The molecule has 3 saturated heterocycles. The summed E-state index contributed by atoms with van der Waals surface area (Å²) in [5.41, 5.74) is 1.85. The molecule has 0 radical (unpaired) electrons. The van der Waals surface area contributed by atoms with Crippen LogP contribution >= 0.6 is 11.8 Å². The normalized spacial score (nSPS) is 22.0. The van der Waals surface area contributed by atoms with Crippen LogP contribution in [0, 0.1) is 5.92 Å². The Labute approximate surface area is 163 Å². The molecule has 3 fully saturated rings. The molecule has 1 aromatic heterocycles. The van der Waals surface area contributed by atoms with Gasteiger partial charge in [-0.25, -0.2) is 4.98 Å². The van der Waals surface area contributed by atoms with Crippen molar-refractivity contribution in [1.82, 2.24) is 14.8 Å². The van der Waals surface area contributed by atoms with Crippen LogP contribution in [0.5, 0.6) is 0 Å². The summed E-state index contributed by atoms with van der Waals surface area (Å²) in [5, 5.41) is 0.992. The van der Waals surface area contributed by atoms with E-state index in [0.717, 1.165) is 29.2 Å². The number of amides is 2. The number of benzene rings is 1. The van der Waals surface area contributed by atoms with Gasteiger partial charge in [-0.3, -0.25) is 9.59 Å². The van der Waals surface area contributed by atoms with Gasteiger partial charge < -0.3 is 9.80 Å². The number of hydrogen-bond donors (Lipinski definition) is 0. The van der Waals surface area contributed by atoms with Crippen LogP contribution in [-0.4, -0.2) is 52.8 Å². The van der Waals surface area contributed by atoms with Crippen molar-refractivity contribution in [3.05, 3.63) is 59.8 Å². The number of thioether (sulfide) groups is 1. The summed E-state index contributed by atoms with van der Waals surface area (Å²) in [4.78, 5) is 33.3. The third-order valence-electron chi connectivity index (χ3n) is 5.48. The molecule has 2 aromatic rings. The van der Waals surface area contributed by atoms with Gasteiger partial charge in [0.15, 0.2) is 0 Å². The van der Waals surface area contributed by atoms with Crippen LogP contribution in [0.3, 0.4) is 0 Å². The highest BCUT2D eigenvalue weighted by molar-refractivity contribution is 7.98. The number of hydrogen-bond acceptors (Lipinski definition) is 4. The lowest BCUT2D eigenvalue weighted by atomic mass is 9.95. The molecule has 2 atom stereocenters. The van der Waals surface area contributed by atoms with Gasteiger partial charge in [-0.05, 0) is 42.7 Å². The van der Waals surface area contributed by atoms with Crippen molar-refractivity contribution in [3.63, 3.8) is 0 Å². The van der Waals surface area contributed by atoms with E-state index in [0.29, 0.717) is 18.7 Å². The number of carbonyl (C=O) groups is 2. The molecule has 6 heteroatoms. The first-order chi connectivity index (χ1) is 13.1. The lowest BCUT2D eigenvalue weighted by Crippen LogP contribution is -2.45. The number of rotatable bonds is 4. The number of pyridine rings is 1. The van der Waals surface area contributed by atoms with Crippen LogP contribution in [0.2, 0.25) is 0 Å². The molecule has 3 aliphatic heterocycles. The zero-order valence-electron chi connectivity index (χ0n) is 15.4. The molecule has 5 nitrogen and oxygen atoms in total. The standard InChI is InChI=1S/C21H23N3O2S/c1-23-18-10-9-17(20(23)25)12-24(13-18)21(26)16-7-5-15(6-8-16)14-27-19-4-2-3-11-22-19/h2-8,11,17-18H,9-10,12-14H2,1H3/t17-,18+/m0/s1. The fraction of sp³-hybridized carbons (Fsp3) is 0.381. The molecule has 0 unspecified atom stereocenters. The van der Waals surface area contributed by atoms with Gasteiger partial charge in [-0.1, -0.05) is 18.2 Å². The van der Waals surface area contributed by atoms with Crippen LogP contribution < -0.4 is 0 Å². The number of carbonyl (C=O) groups excluding carboxylic acids is 2. The first-order valence-corrected chi connectivity index (χ1v) is 10.3. The molecule has 0 spiro atoms. The fourth-order valence-corrected chi connectivity index (χ4v) is 4.66. The maximum atomic E-state index is 13.0. The summed E-state index contributed by atoms with van der Waals surface area (Å²) in [7, 11) is 1.86. The summed E-state index contributed by atoms with van der Waals surface area (Å²) in [5.74, 6) is 0.979. The number of fused-ring (bicyclic) bond motifs is 4. The van der Waals surface area contributed by atoms with Crippen molar-refractivity contribution >= 4 is 23.6 Å². The largest absolute Gasteiger partial charge is 0.341 e. The van der Waals surface area contributed by atoms with Crippen LogP contribution in [0.15, 0.2) is 53.7 Å². The highest BCUT2D eigenvalue weighted by atomic mass is 32.2. The van der Waals surface area contributed by atoms with Crippen molar-refractivity contribution < 1.29 is 9.59 Å². The van der Waals surface area contributed by atoms with Gasteiger partial charge in [0.1, 0.15) is 0 Å². The molecule has 27 heavy (non-hydrogen) atoms. The molecule has 3 aliphatic rings. The smallest absolute Gasteiger partial charge is 0.253 e. The Morgan fingerprint density at radius 2 is 1.96 bits per heavy atom. The van der Waals surface area contributed by atoms with Gasteiger partial charge in [-0.2, -0.15) is 0 Å². The molecule has 2 amide bonds. The minimum atomic E-state index is -0.0493. The molecular formula is C21H23N3O2S. The zero-order chi connectivity index (χ0) is 18.8. The van der Waals surface area contributed by atoms with E-state index in [4.69, 9.17) is 0 Å². The molecule has 4 heterocycles. The van der Waals surface area contributed by atoms with Crippen LogP contribution in [0.1, 0.15) is 28.8 Å². The van der Waals surface area contributed by atoms with Gasteiger partial charge in [0.2, 0.25) is 5.91 Å². The van der Waals surface area contributed by atoms with Crippen molar-refractivity contribution in [3.8, 4) is 0 Å². The van der Waals surface area contributed by atoms with Gasteiger partial charge in [0, 0.05) is 43.7 Å². The Morgan fingerprint density at radius 3 is 2.70 bits per heavy atom. The van der Waals surface area contributed by atoms with E-state index in [1.165, 1.54) is 0 Å². The quantitative estimate of drug-likeness (QED) is 0.764. The summed E-state index contributed by atoms with van der Waals surface area (Å²) in [6.07, 6.45) is 3.67. The third kappa shape index (κ3) is 3.86. The lowest BCUT2D eigenvalue weighted by molar-refractivity contribution is -0.138. The average molecular weight is 382 g/mol.